The van der Waals surface area contributed by atoms with Crippen LogP contribution in [0.4, 0.5) is 0 Å². The van der Waals surface area contributed by atoms with Crippen LogP contribution in [0.1, 0.15) is 79.5 Å². The molecule has 5 N–H and O–H groups in total. The zero-order chi connectivity index (χ0) is 31.7. The van der Waals surface area contributed by atoms with Gasteiger partial charge in [-0.05, 0) is 69.4 Å². The first-order valence-corrected chi connectivity index (χ1v) is 16.2. The first kappa shape index (κ1) is 31.8. The molecule has 1 saturated carbocycles. The molecular formula is C33H42BrN5O5. The number of rotatable bonds is 9. The maximum Gasteiger partial charge on any atom is 0.307 e. The minimum Gasteiger partial charge on any atom is -0.484 e. The summed E-state index contributed by atoms with van der Waals surface area (Å²) in [4.78, 5) is 43.7. The lowest BCUT2D eigenvalue weighted by Gasteiger charge is -2.43. The molecule has 2 aliphatic heterocycles. The molecule has 4 unspecified atom stereocenters. The highest BCUT2D eigenvalue weighted by molar-refractivity contribution is 9.10. The molecular weight excluding hydrogens is 626 g/mol. The average Bonchev–Trinajstić information content (AvgIpc) is 3.32. The topological polar surface area (TPSA) is 142 Å². The van der Waals surface area contributed by atoms with Crippen molar-refractivity contribution in [2.45, 2.75) is 77.6 Å². The van der Waals surface area contributed by atoms with Crippen molar-refractivity contribution in [3.05, 3.63) is 75.0 Å². The molecule has 2 heterocycles. The van der Waals surface area contributed by atoms with Crippen molar-refractivity contribution in [1.82, 2.24) is 14.8 Å². The third-order valence-electron chi connectivity index (χ3n) is 9.21. The summed E-state index contributed by atoms with van der Waals surface area (Å²) in [6.45, 7) is 6.83. The van der Waals surface area contributed by atoms with Crippen LogP contribution in [-0.4, -0.2) is 62.9 Å². The highest BCUT2D eigenvalue weighted by Gasteiger charge is 2.44. The molecule has 0 bridgehead atoms. The van der Waals surface area contributed by atoms with Crippen molar-refractivity contribution in [2.24, 2.45) is 23.4 Å². The molecule has 0 spiro atoms. The minimum atomic E-state index is -0.930. The van der Waals surface area contributed by atoms with E-state index in [-0.39, 0.29) is 24.4 Å². The van der Waals surface area contributed by atoms with Crippen LogP contribution in [0.25, 0.3) is 0 Å². The zero-order valence-corrected chi connectivity index (χ0v) is 27.1. The van der Waals surface area contributed by atoms with E-state index in [0.29, 0.717) is 49.4 Å². The predicted octanol–water partition coefficient (Wildman–Crippen LogP) is 4.57. The summed E-state index contributed by atoms with van der Waals surface area (Å²) >= 11 is 3.72. The van der Waals surface area contributed by atoms with Gasteiger partial charge >= 0.3 is 5.97 Å². The maximum absolute atomic E-state index is 14.3. The second-order valence-corrected chi connectivity index (χ2v) is 13.2. The number of hydrazine groups is 1. The first-order valence-electron chi connectivity index (χ1n) is 15.4. The van der Waals surface area contributed by atoms with E-state index in [4.69, 9.17) is 16.3 Å². The smallest absolute Gasteiger partial charge is 0.307 e. The molecule has 236 valence electrons. The Bertz CT molecular complexity index is 1460. The fourth-order valence-corrected chi connectivity index (χ4v) is 7.17. The van der Waals surface area contributed by atoms with Crippen LogP contribution in [-0.2, 0) is 22.6 Å². The van der Waals surface area contributed by atoms with Crippen LogP contribution in [0.3, 0.4) is 0 Å². The molecule has 0 aromatic heterocycles. The van der Waals surface area contributed by atoms with Crippen molar-refractivity contribution in [3.63, 3.8) is 0 Å². The number of carboxylic acids is 1. The summed E-state index contributed by atoms with van der Waals surface area (Å²) in [5, 5.41) is 11.5. The number of carbonyl (C=O) groups excluding carboxylic acids is 2. The Morgan fingerprint density at radius 3 is 2.52 bits per heavy atom. The number of nitrogens with two attached hydrogens (primary N) is 2. The van der Waals surface area contributed by atoms with Crippen molar-refractivity contribution >= 4 is 33.7 Å². The Kier molecular flexibility index (Phi) is 9.55. The van der Waals surface area contributed by atoms with Crippen LogP contribution in [0.5, 0.6) is 5.75 Å². The largest absolute Gasteiger partial charge is 0.484 e. The van der Waals surface area contributed by atoms with Crippen LogP contribution < -0.4 is 16.3 Å². The lowest BCUT2D eigenvalue weighted by Crippen LogP contribution is -2.50. The molecule has 0 radical (unpaired) electrons. The van der Waals surface area contributed by atoms with Gasteiger partial charge in [0, 0.05) is 47.5 Å². The average molecular weight is 669 g/mol. The summed E-state index contributed by atoms with van der Waals surface area (Å²) in [7, 11) is 0. The van der Waals surface area contributed by atoms with Crippen LogP contribution >= 0.6 is 15.9 Å². The van der Waals surface area contributed by atoms with Gasteiger partial charge in [0.15, 0.2) is 0 Å². The number of carboxylic acid groups (broad SMARTS) is 1. The number of fused-ring (bicyclic) bond motifs is 2. The van der Waals surface area contributed by atoms with E-state index in [9.17, 15) is 19.5 Å². The minimum absolute atomic E-state index is 0.0432. The van der Waals surface area contributed by atoms with E-state index in [1.54, 1.807) is 16.0 Å². The molecule has 1 aliphatic carbocycles. The first-order chi connectivity index (χ1) is 21.0. The normalized spacial score (nSPS) is 22.5. The highest BCUT2D eigenvalue weighted by Crippen LogP contribution is 2.44. The van der Waals surface area contributed by atoms with Crippen molar-refractivity contribution < 1.29 is 24.2 Å². The molecule has 2 aromatic rings. The number of hydrogen-bond donors (Lipinski definition) is 3. The van der Waals surface area contributed by atoms with E-state index in [1.807, 2.05) is 57.2 Å². The summed E-state index contributed by atoms with van der Waals surface area (Å²) in [6, 6.07) is 10.8. The molecule has 1 fully saturated rings. The van der Waals surface area contributed by atoms with E-state index in [2.05, 4.69) is 15.9 Å². The number of benzene rings is 2. The maximum atomic E-state index is 14.3. The van der Waals surface area contributed by atoms with Crippen molar-refractivity contribution in [2.75, 3.05) is 13.1 Å². The number of nitrogens with zero attached hydrogens (tertiary/aromatic N) is 3. The Balaban J connectivity index is 1.54. The lowest BCUT2D eigenvalue weighted by molar-refractivity contribution is -0.153. The Hall–Kier alpha value is -3.57. The van der Waals surface area contributed by atoms with Crippen molar-refractivity contribution in [1.29, 1.82) is 0 Å². The SMILES string of the molecule is CC(Oc1ccc(Br)c2c1C(CN1Cc3ccccc3C1=O)N(C(=O)C1CCCCC1C(=O)O)CC2)/C(N)=C/N(N)C(C)C. The van der Waals surface area contributed by atoms with Crippen LogP contribution in [0, 0.1) is 11.8 Å². The second kappa shape index (κ2) is 13.2. The molecule has 4 atom stereocenters. The monoisotopic (exact) mass is 667 g/mol. The van der Waals surface area contributed by atoms with Crippen LogP contribution in [0.15, 0.2) is 52.8 Å². The fourth-order valence-electron chi connectivity index (χ4n) is 6.63. The van der Waals surface area contributed by atoms with E-state index >= 15 is 0 Å². The van der Waals surface area contributed by atoms with E-state index in [0.717, 1.165) is 34.0 Å². The summed E-state index contributed by atoms with van der Waals surface area (Å²) in [5.41, 5.74) is 10.2. The molecule has 2 amide bonds. The van der Waals surface area contributed by atoms with Gasteiger partial charge in [0.1, 0.15) is 11.9 Å². The third kappa shape index (κ3) is 6.30. The number of carbonyl (C=O) groups is 3. The number of halogens is 1. The Morgan fingerprint density at radius 2 is 1.84 bits per heavy atom. The number of aliphatic carboxylic acids is 1. The van der Waals surface area contributed by atoms with Gasteiger partial charge < -0.3 is 30.4 Å². The molecule has 3 aliphatic rings. The molecule has 0 saturated heterocycles. The molecule has 44 heavy (non-hydrogen) atoms. The summed E-state index contributed by atoms with van der Waals surface area (Å²) in [5.74, 6) is 4.12. The van der Waals surface area contributed by atoms with Gasteiger partial charge in [0.2, 0.25) is 5.91 Å². The molecule has 10 nitrogen and oxygen atoms in total. The second-order valence-electron chi connectivity index (χ2n) is 12.3. The Morgan fingerprint density at radius 1 is 1.14 bits per heavy atom. The van der Waals surface area contributed by atoms with Gasteiger partial charge in [-0.2, -0.15) is 0 Å². The van der Waals surface area contributed by atoms with Gasteiger partial charge in [-0.15, -0.1) is 0 Å². The summed E-state index contributed by atoms with van der Waals surface area (Å²) in [6.07, 6.45) is 4.30. The lowest BCUT2D eigenvalue weighted by atomic mass is 9.77. The van der Waals surface area contributed by atoms with Gasteiger partial charge in [0.05, 0.1) is 23.6 Å². The zero-order valence-electron chi connectivity index (χ0n) is 25.5. The number of amides is 2. The highest BCUT2D eigenvalue weighted by atomic mass is 79.9. The van der Waals surface area contributed by atoms with Gasteiger partial charge in [-0.25, -0.2) is 5.84 Å². The van der Waals surface area contributed by atoms with Crippen LogP contribution in [0.2, 0.25) is 0 Å². The quantitative estimate of drug-likeness (QED) is 0.261. The number of ether oxygens (including phenoxy) is 1. The van der Waals surface area contributed by atoms with E-state index < -0.39 is 30.0 Å². The van der Waals surface area contributed by atoms with Gasteiger partial charge in [-0.1, -0.05) is 47.0 Å². The van der Waals surface area contributed by atoms with Gasteiger partial charge in [-0.3, -0.25) is 14.4 Å². The van der Waals surface area contributed by atoms with Gasteiger partial charge in [0.25, 0.3) is 5.91 Å². The molecule has 2 aromatic carbocycles. The standard InChI is InChI=1S/C33H42BrN5O5/c1-19(2)39(36)17-27(35)20(3)44-29-13-12-26(34)25-14-15-38(32(41)23-10-6-7-11-24(23)33(42)43)28(30(25)29)18-37-16-21-8-4-5-9-22(21)31(37)40/h4-5,8-9,12-13,17,19-20,23-24,28H,6-7,10-11,14-16,18,35-36H2,1-3H3,(H,42,43)/b27-17-. The molecule has 5 rings (SSSR count). The van der Waals surface area contributed by atoms with E-state index in [1.165, 1.54) is 5.01 Å². The Labute approximate surface area is 267 Å². The fraction of sp³-hybridized carbons (Fsp3) is 0.485. The third-order valence-corrected chi connectivity index (χ3v) is 9.96. The molecule has 11 heteroatoms. The van der Waals surface area contributed by atoms with Crippen molar-refractivity contribution in [3.8, 4) is 5.75 Å². The number of hydrogen-bond acceptors (Lipinski definition) is 7. The predicted molar refractivity (Wildman–Crippen MR) is 170 cm³/mol. The summed E-state index contributed by atoms with van der Waals surface area (Å²) < 4.78 is 7.38.